The molecule has 1 fully saturated rings. The topological polar surface area (TPSA) is 75.7 Å². The van der Waals surface area contributed by atoms with Crippen LogP contribution in [0.4, 0.5) is 0 Å². The first kappa shape index (κ1) is 13.4. The van der Waals surface area contributed by atoms with Gasteiger partial charge in [-0.1, -0.05) is 6.92 Å². The summed E-state index contributed by atoms with van der Waals surface area (Å²) in [5.41, 5.74) is 0. The highest BCUT2D eigenvalue weighted by molar-refractivity contribution is 7.87. The van der Waals surface area contributed by atoms with Crippen LogP contribution in [0.15, 0.2) is 0 Å². The van der Waals surface area contributed by atoms with Gasteiger partial charge in [-0.05, 0) is 19.3 Å². The Labute approximate surface area is 96.1 Å². The van der Waals surface area contributed by atoms with Crippen LogP contribution in [0, 0.1) is 0 Å². The molecule has 1 aliphatic rings. The van der Waals surface area contributed by atoms with E-state index in [0.717, 1.165) is 12.8 Å². The molecule has 0 aromatic rings. The monoisotopic (exact) mass is 250 g/mol. The summed E-state index contributed by atoms with van der Waals surface area (Å²) < 4.78 is 31.9. The third-order valence-electron chi connectivity index (χ3n) is 2.56. The van der Waals surface area contributed by atoms with E-state index in [1.165, 1.54) is 11.4 Å². The van der Waals surface area contributed by atoms with Crippen molar-refractivity contribution in [3.63, 3.8) is 0 Å². The molecular weight excluding hydrogens is 232 g/mol. The summed E-state index contributed by atoms with van der Waals surface area (Å²) in [5.74, 6) is -0.485. The van der Waals surface area contributed by atoms with Crippen LogP contribution in [0.2, 0.25) is 0 Å². The van der Waals surface area contributed by atoms with Crippen LogP contribution in [0.25, 0.3) is 0 Å². The first-order valence-corrected chi connectivity index (χ1v) is 6.81. The molecule has 0 radical (unpaired) electrons. The van der Waals surface area contributed by atoms with Crippen LogP contribution < -0.4 is 4.72 Å². The molecule has 1 unspecified atom stereocenters. The number of ether oxygens (including phenoxy) is 1. The van der Waals surface area contributed by atoms with Crippen LogP contribution in [0.5, 0.6) is 0 Å². The number of carbonyl (C=O) groups is 1. The normalized spacial score (nSPS) is 23.0. The maximum atomic E-state index is 11.8. The van der Waals surface area contributed by atoms with E-state index in [2.05, 4.69) is 9.46 Å². The van der Waals surface area contributed by atoms with E-state index in [0.29, 0.717) is 19.5 Å². The van der Waals surface area contributed by atoms with E-state index in [-0.39, 0.29) is 0 Å². The van der Waals surface area contributed by atoms with Crippen LogP contribution in [0.3, 0.4) is 0 Å². The summed E-state index contributed by atoms with van der Waals surface area (Å²) in [5, 5.41) is 0. The Morgan fingerprint density at radius 2 is 2.19 bits per heavy atom. The van der Waals surface area contributed by atoms with Gasteiger partial charge in [-0.3, -0.25) is 4.79 Å². The lowest BCUT2D eigenvalue weighted by atomic mass is 10.1. The van der Waals surface area contributed by atoms with Gasteiger partial charge in [0.15, 0.2) is 0 Å². The van der Waals surface area contributed by atoms with E-state index in [1.54, 1.807) is 6.92 Å². The van der Waals surface area contributed by atoms with Gasteiger partial charge in [0.05, 0.1) is 7.11 Å². The van der Waals surface area contributed by atoms with Crippen molar-refractivity contribution < 1.29 is 17.9 Å². The Hall–Kier alpha value is -0.660. The summed E-state index contributed by atoms with van der Waals surface area (Å²) >= 11 is 0. The molecule has 16 heavy (non-hydrogen) atoms. The maximum Gasteiger partial charge on any atom is 0.324 e. The lowest BCUT2D eigenvalue weighted by Gasteiger charge is -2.32. The summed E-state index contributed by atoms with van der Waals surface area (Å²) in [6.45, 7) is 2.39. The zero-order chi connectivity index (χ0) is 12.2. The van der Waals surface area contributed by atoms with E-state index in [9.17, 15) is 13.2 Å². The van der Waals surface area contributed by atoms with Gasteiger partial charge in [-0.15, -0.1) is 0 Å². The van der Waals surface area contributed by atoms with Crippen molar-refractivity contribution in [1.82, 2.24) is 9.03 Å². The maximum absolute atomic E-state index is 11.8. The molecule has 0 saturated carbocycles. The number of piperidine rings is 1. The Morgan fingerprint density at radius 1 is 1.50 bits per heavy atom. The zero-order valence-electron chi connectivity index (χ0n) is 9.60. The van der Waals surface area contributed by atoms with Crippen LogP contribution in [0.1, 0.15) is 26.2 Å². The fourth-order valence-corrected chi connectivity index (χ4v) is 3.26. The molecule has 0 aliphatic carbocycles. The van der Waals surface area contributed by atoms with E-state index in [1.807, 2.05) is 0 Å². The van der Waals surface area contributed by atoms with Crippen molar-refractivity contribution in [1.29, 1.82) is 0 Å². The van der Waals surface area contributed by atoms with Gasteiger partial charge in [0, 0.05) is 13.1 Å². The largest absolute Gasteiger partial charge is 0.468 e. The second kappa shape index (κ2) is 5.60. The van der Waals surface area contributed by atoms with Gasteiger partial charge in [0.25, 0.3) is 10.2 Å². The Morgan fingerprint density at radius 3 is 2.75 bits per heavy atom. The minimum absolute atomic E-state index is 0.312. The highest BCUT2D eigenvalue weighted by atomic mass is 32.2. The molecule has 0 spiro atoms. The molecule has 0 bridgehead atoms. The molecule has 0 aromatic heterocycles. The molecule has 1 heterocycles. The predicted octanol–water partition coefficient (Wildman–Crippen LogP) is -0.132. The number of nitrogens with one attached hydrogen (secondary N) is 1. The molecule has 1 N–H and O–H groups in total. The first-order chi connectivity index (χ1) is 7.53. The molecule has 1 rings (SSSR count). The lowest BCUT2D eigenvalue weighted by molar-refractivity contribution is -0.146. The highest BCUT2D eigenvalue weighted by Crippen LogP contribution is 2.20. The Kier molecular flexibility index (Phi) is 4.69. The highest BCUT2D eigenvalue weighted by Gasteiger charge is 2.36. The van der Waals surface area contributed by atoms with Crippen molar-refractivity contribution in [2.24, 2.45) is 0 Å². The smallest absolute Gasteiger partial charge is 0.324 e. The molecule has 1 saturated heterocycles. The number of methoxy groups -OCH3 is 1. The second-order valence-electron chi connectivity index (χ2n) is 3.65. The Bertz CT molecular complexity index is 341. The average molecular weight is 250 g/mol. The fourth-order valence-electron chi connectivity index (χ4n) is 1.83. The number of rotatable bonds is 4. The summed E-state index contributed by atoms with van der Waals surface area (Å²) in [7, 11) is -2.28. The molecule has 94 valence electrons. The molecule has 7 heteroatoms. The van der Waals surface area contributed by atoms with E-state index < -0.39 is 22.2 Å². The van der Waals surface area contributed by atoms with Gasteiger partial charge in [0.1, 0.15) is 6.04 Å². The minimum atomic E-state index is -3.56. The van der Waals surface area contributed by atoms with Gasteiger partial charge in [0.2, 0.25) is 0 Å². The molecule has 6 nitrogen and oxygen atoms in total. The number of hydrogen-bond acceptors (Lipinski definition) is 4. The lowest BCUT2D eigenvalue weighted by Crippen LogP contribution is -2.52. The third kappa shape index (κ3) is 2.93. The van der Waals surface area contributed by atoms with Gasteiger partial charge < -0.3 is 4.74 Å². The Balaban J connectivity index is 2.86. The van der Waals surface area contributed by atoms with Crippen LogP contribution in [-0.4, -0.2) is 44.9 Å². The molecule has 1 atom stereocenters. The standard InChI is InChI=1S/C9H18N2O4S/c1-3-10-16(13,14)11-7-5-4-6-8(11)9(12)15-2/h8,10H,3-7H2,1-2H3. The van der Waals surface area contributed by atoms with Crippen LogP contribution >= 0.6 is 0 Å². The summed E-state index contributed by atoms with van der Waals surface area (Å²) in [4.78, 5) is 11.5. The molecule has 0 aromatic carbocycles. The third-order valence-corrected chi connectivity index (χ3v) is 4.27. The number of nitrogens with zero attached hydrogens (tertiary/aromatic N) is 1. The van der Waals surface area contributed by atoms with E-state index >= 15 is 0 Å². The second-order valence-corrected chi connectivity index (χ2v) is 5.36. The first-order valence-electron chi connectivity index (χ1n) is 5.37. The quantitative estimate of drug-likeness (QED) is 0.705. The van der Waals surface area contributed by atoms with Crippen molar-refractivity contribution in [2.45, 2.75) is 32.2 Å². The molecule has 1 aliphatic heterocycles. The number of hydrogen-bond donors (Lipinski definition) is 1. The van der Waals surface area contributed by atoms with Gasteiger partial charge in [-0.25, -0.2) is 4.72 Å². The van der Waals surface area contributed by atoms with E-state index in [4.69, 9.17) is 0 Å². The van der Waals surface area contributed by atoms with Crippen molar-refractivity contribution in [3.8, 4) is 0 Å². The van der Waals surface area contributed by atoms with Gasteiger partial charge >= 0.3 is 5.97 Å². The molecular formula is C9H18N2O4S. The van der Waals surface area contributed by atoms with Crippen molar-refractivity contribution >= 4 is 16.2 Å². The number of esters is 1. The SMILES string of the molecule is CCNS(=O)(=O)N1CCCCC1C(=O)OC. The van der Waals surface area contributed by atoms with Crippen molar-refractivity contribution in [2.75, 3.05) is 20.2 Å². The minimum Gasteiger partial charge on any atom is -0.468 e. The summed E-state index contributed by atoms with van der Waals surface area (Å²) in [6, 6.07) is -0.678. The number of carbonyl (C=O) groups excluding carboxylic acids is 1. The van der Waals surface area contributed by atoms with Gasteiger partial charge in [-0.2, -0.15) is 12.7 Å². The van der Waals surface area contributed by atoms with Crippen LogP contribution in [-0.2, 0) is 19.7 Å². The average Bonchev–Trinajstić information content (AvgIpc) is 2.28. The predicted molar refractivity (Wildman–Crippen MR) is 59.0 cm³/mol. The summed E-state index contributed by atoms with van der Waals surface area (Å²) in [6.07, 6.45) is 2.15. The zero-order valence-corrected chi connectivity index (χ0v) is 10.4. The molecule has 0 amide bonds. The fraction of sp³-hybridized carbons (Fsp3) is 0.889. The van der Waals surface area contributed by atoms with Crippen molar-refractivity contribution in [3.05, 3.63) is 0 Å².